The standard InChI is InChI=1S/C17H22N4O/c1-12-5-3-7-19-9-14(18-16(12)19)10-20-11-15-6-4-8-21(15)17(22)13(20)2/h3,5,7,9,13,15H,4,6,8,10-11H2,1-2H3/t13-,15+/m0/s1. The summed E-state index contributed by atoms with van der Waals surface area (Å²) < 4.78 is 2.07. The summed E-state index contributed by atoms with van der Waals surface area (Å²) in [5, 5.41) is 0. The van der Waals surface area contributed by atoms with Gasteiger partial charge in [-0.3, -0.25) is 9.69 Å². The molecule has 22 heavy (non-hydrogen) atoms. The summed E-state index contributed by atoms with van der Waals surface area (Å²) in [6.07, 6.45) is 6.40. The van der Waals surface area contributed by atoms with E-state index in [-0.39, 0.29) is 11.9 Å². The number of hydrogen-bond donors (Lipinski definition) is 0. The first-order valence-corrected chi connectivity index (χ1v) is 8.11. The Morgan fingerprint density at radius 2 is 2.27 bits per heavy atom. The second kappa shape index (κ2) is 5.09. The van der Waals surface area contributed by atoms with Crippen molar-refractivity contribution in [3.05, 3.63) is 35.8 Å². The van der Waals surface area contributed by atoms with Gasteiger partial charge < -0.3 is 9.30 Å². The fourth-order valence-corrected chi connectivity index (χ4v) is 3.83. The van der Waals surface area contributed by atoms with E-state index in [0.29, 0.717) is 6.04 Å². The van der Waals surface area contributed by atoms with Crippen molar-refractivity contribution in [2.24, 2.45) is 0 Å². The molecule has 0 saturated carbocycles. The summed E-state index contributed by atoms with van der Waals surface area (Å²) in [6.45, 7) is 6.76. The third kappa shape index (κ3) is 2.11. The lowest BCUT2D eigenvalue weighted by molar-refractivity contribution is -0.143. The predicted molar refractivity (Wildman–Crippen MR) is 84.5 cm³/mol. The van der Waals surface area contributed by atoms with Crippen molar-refractivity contribution in [3.63, 3.8) is 0 Å². The molecule has 4 rings (SSSR count). The lowest BCUT2D eigenvalue weighted by Gasteiger charge is -2.41. The molecule has 2 aliphatic rings. The Labute approximate surface area is 130 Å². The van der Waals surface area contributed by atoms with Gasteiger partial charge in [-0.1, -0.05) is 6.07 Å². The van der Waals surface area contributed by atoms with E-state index in [1.165, 1.54) is 5.56 Å². The Morgan fingerprint density at radius 3 is 3.09 bits per heavy atom. The van der Waals surface area contributed by atoms with Crippen LogP contribution in [0, 0.1) is 6.92 Å². The zero-order valence-electron chi connectivity index (χ0n) is 13.2. The minimum absolute atomic E-state index is 0.0414. The molecule has 0 unspecified atom stereocenters. The van der Waals surface area contributed by atoms with E-state index in [1.807, 2.05) is 19.2 Å². The number of imidazole rings is 1. The maximum absolute atomic E-state index is 12.5. The lowest BCUT2D eigenvalue weighted by atomic mass is 10.1. The van der Waals surface area contributed by atoms with E-state index in [2.05, 4.69) is 33.4 Å². The molecule has 2 saturated heterocycles. The van der Waals surface area contributed by atoms with Crippen LogP contribution in [-0.2, 0) is 11.3 Å². The zero-order valence-corrected chi connectivity index (χ0v) is 13.2. The second-order valence-electron chi connectivity index (χ2n) is 6.59. The van der Waals surface area contributed by atoms with Gasteiger partial charge in [0.15, 0.2) is 0 Å². The molecule has 2 aliphatic heterocycles. The van der Waals surface area contributed by atoms with Gasteiger partial charge in [0.05, 0.1) is 11.7 Å². The SMILES string of the molecule is Cc1cccn2cc(CN3C[C@H]4CCCN4C(=O)[C@@H]3C)nc12. The van der Waals surface area contributed by atoms with Crippen LogP contribution in [0.25, 0.3) is 5.65 Å². The highest BCUT2D eigenvalue weighted by Crippen LogP contribution is 2.26. The number of aromatic nitrogens is 2. The molecule has 2 aromatic heterocycles. The predicted octanol–water partition coefficient (Wildman–Crippen LogP) is 1.84. The smallest absolute Gasteiger partial charge is 0.239 e. The largest absolute Gasteiger partial charge is 0.337 e. The van der Waals surface area contributed by atoms with Gasteiger partial charge in [-0.2, -0.15) is 0 Å². The molecule has 0 bridgehead atoms. The summed E-state index contributed by atoms with van der Waals surface area (Å²) in [5.41, 5.74) is 3.23. The molecule has 0 aromatic carbocycles. The average molecular weight is 298 g/mol. The highest BCUT2D eigenvalue weighted by atomic mass is 16.2. The third-order valence-corrected chi connectivity index (χ3v) is 5.10. The highest BCUT2D eigenvalue weighted by Gasteiger charge is 2.40. The number of hydrogen-bond acceptors (Lipinski definition) is 3. The van der Waals surface area contributed by atoms with Gasteiger partial charge in [-0.05, 0) is 38.3 Å². The summed E-state index contributed by atoms with van der Waals surface area (Å²) in [7, 11) is 0. The average Bonchev–Trinajstić information content (AvgIpc) is 3.11. The molecule has 2 aromatic rings. The quantitative estimate of drug-likeness (QED) is 0.849. The number of rotatable bonds is 2. The number of fused-ring (bicyclic) bond motifs is 2. The number of amides is 1. The van der Waals surface area contributed by atoms with E-state index in [9.17, 15) is 4.79 Å². The molecular weight excluding hydrogens is 276 g/mol. The van der Waals surface area contributed by atoms with Crippen molar-refractivity contribution in [1.82, 2.24) is 19.2 Å². The number of carbonyl (C=O) groups excluding carboxylic acids is 1. The Kier molecular flexibility index (Phi) is 3.18. The fourth-order valence-electron chi connectivity index (χ4n) is 3.83. The molecule has 0 spiro atoms. The zero-order chi connectivity index (χ0) is 15.3. The normalized spacial score (nSPS) is 25.9. The van der Waals surface area contributed by atoms with Gasteiger partial charge in [0.2, 0.25) is 5.91 Å². The monoisotopic (exact) mass is 298 g/mol. The van der Waals surface area contributed by atoms with Crippen molar-refractivity contribution in [1.29, 1.82) is 0 Å². The van der Waals surface area contributed by atoms with Crippen LogP contribution in [0.2, 0.25) is 0 Å². The molecule has 5 nitrogen and oxygen atoms in total. The van der Waals surface area contributed by atoms with Crippen LogP contribution in [0.3, 0.4) is 0 Å². The van der Waals surface area contributed by atoms with E-state index < -0.39 is 0 Å². The molecule has 116 valence electrons. The molecule has 0 radical (unpaired) electrons. The summed E-state index contributed by atoms with van der Waals surface area (Å²) in [4.78, 5) is 21.6. The molecular formula is C17H22N4O. The van der Waals surface area contributed by atoms with Crippen molar-refractivity contribution < 1.29 is 4.79 Å². The molecule has 2 atom stereocenters. The lowest BCUT2D eigenvalue weighted by Crippen LogP contribution is -2.58. The number of carbonyl (C=O) groups is 1. The van der Waals surface area contributed by atoms with E-state index in [4.69, 9.17) is 4.98 Å². The fraction of sp³-hybridized carbons (Fsp3) is 0.529. The number of pyridine rings is 1. The number of aryl methyl sites for hydroxylation is 1. The number of nitrogens with zero attached hydrogens (tertiary/aromatic N) is 4. The summed E-state index contributed by atoms with van der Waals surface area (Å²) in [6, 6.07) is 4.48. The molecule has 4 heterocycles. The minimum Gasteiger partial charge on any atom is -0.337 e. The van der Waals surface area contributed by atoms with Crippen molar-refractivity contribution >= 4 is 11.6 Å². The summed E-state index contributed by atoms with van der Waals surface area (Å²) in [5.74, 6) is 0.286. The van der Waals surface area contributed by atoms with Gasteiger partial charge >= 0.3 is 0 Å². The first-order valence-electron chi connectivity index (χ1n) is 8.11. The number of piperazine rings is 1. The Bertz CT molecular complexity index is 723. The molecule has 0 N–H and O–H groups in total. The van der Waals surface area contributed by atoms with Gasteiger partial charge in [-0.15, -0.1) is 0 Å². The van der Waals surface area contributed by atoms with Crippen LogP contribution in [0.4, 0.5) is 0 Å². The van der Waals surface area contributed by atoms with Gasteiger partial charge in [0.25, 0.3) is 0 Å². The van der Waals surface area contributed by atoms with Gasteiger partial charge in [0, 0.05) is 38.1 Å². The van der Waals surface area contributed by atoms with Crippen molar-refractivity contribution in [2.75, 3.05) is 13.1 Å². The topological polar surface area (TPSA) is 40.9 Å². The van der Waals surface area contributed by atoms with Crippen molar-refractivity contribution in [3.8, 4) is 0 Å². The Hall–Kier alpha value is -1.88. The molecule has 1 amide bonds. The maximum atomic E-state index is 12.5. The van der Waals surface area contributed by atoms with Crippen LogP contribution in [0.5, 0.6) is 0 Å². The van der Waals surface area contributed by atoms with Crippen LogP contribution in [0.15, 0.2) is 24.5 Å². The van der Waals surface area contributed by atoms with Crippen LogP contribution in [-0.4, -0.2) is 50.3 Å². The molecule has 5 heteroatoms. The van der Waals surface area contributed by atoms with Crippen LogP contribution < -0.4 is 0 Å². The first kappa shape index (κ1) is 13.8. The van der Waals surface area contributed by atoms with E-state index in [0.717, 1.165) is 43.8 Å². The molecule has 0 aliphatic carbocycles. The van der Waals surface area contributed by atoms with E-state index in [1.54, 1.807) is 0 Å². The second-order valence-corrected chi connectivity index (χ2v) is 6.59. The maximum Gasteiger partial charge on any atom is 0.239 e. The Morgan fingerprint density at radius 1 is 1.41 bits per heavy atom. The van der Waals surface area contributed by atoms with Crippen LogP contribution in [0.1, 0.15) is 31.0 Å². The third-order valence-electron chi connectivity index (χ3n) is 5.10. The summed E-state index contributed by atoms with van der Waals surface area (Å²) >= 11 is 0. The van der Waals surface area contributed by atoms with E-state index >= 15 is 0 Å². The molecule has 2 fully saturated rings. The Balaban J connectivity index is 1.59. The van der Waals surface area contributed by atoms with Gasteiger partial charge in [0.1, 0.15) is 5.65 Å². The van der Waals surface area contributed by atoms with Gasteiger partial charge in [-0.25, -0.2) is 4.98 Å². The first-order chi connectivity index (χ1) is 10.6. The van der Waals surface area contributed by atoms with Crippen LogP contribution >= 0.6 is 0 Å². The minimum atomic E-state index is -0.0414. The highest BCUT2D eigenvalue weighted by molar-refractivity contribution is 5.83. The van der Waals surface area contributed by atoms with Crippen molar-refractivity contribution in [2.45, 2.75) is 45.3 Å².